The van der Waals surface area contributed by atoms with Crippen LogP contribution in [0.25, 0.3) is 22.3 Å². The number of anilines is 1. The fraction of sp³-hybridized carbons (Fsp3) is 0.0400. The Hall–Kier alpha value is -4.12. The number of aromatic nitrogens is 2. The van der Waals surface area contributed by atoms with Gasteiger partial charge in [-0.15, -0.1) is 0 Å². The predicted molar refractivity (Wildman–Crippen MR) is 115 cm³/mol. The molecule has 1 aliphatic heterocycles. The first-order valence-corrected chi connectivity index (χ1v) is 9.61. The minimum Gasteiger partial charge on any atom is -0.300 e. The summed E-state index contributed by atoms with van der Waals surface area (Å²) in [6.07, 6.45) is 6.98. The van der Waals surface area contributed by atoms with Gasteiger partial charge in [0.1, 0.15) is 0 Å². The fourth-order valence-corrected chi connectivity index (χ4v) is 3.74. The second kappa shape index (κ2) is 7.37. The minimum absolute atomic E-state index is 0.331. The number of pyridine rings is 2. The normalized spacial score (nSPS) is 12.9. The lowest BCUT2D eigenvalue weighted by atomic mass is 10.0. The average molecular weight is 391 g/mol. The predicted octanol–water partition coefficient (Wildman–Crippen LogP) is 4.54. The quantitative estimate of drug-likeness (QED) is 0.479. The molecule has 0 N–H and O–H groups in total. The van der Waals surface area contributed by atoms with Crippen LogP contribution in [0.5, 0.6) is 0 Å². The van der Waals surface area contributed by atoms with Crippen LogP contribution in [0.2, 0.25) is 0 Å². The second-order valence-electron chi connectivity index (χ2n) is 7.14. The number of nitrogens with zero attached hydrogens (tertiary/aromatic N) is 3. The van der Waals surface area contributed by atoms with Gasteiger partial charge in [-0.2, -0.15) is 0 Å². The molecular weight excluding hydrogens is 374 g/mol. The number of rotatable bonds is 4. The fourth-order valence-electron chi connectivity index (χ4n) is 3.74. The molecule has 0 radical (unpaired) electrons. The molecule has 5 rings (SSSR count). The Balaban J connectivity index is 1.47. The third-order valence-corrected chi connectivity index (χ3v) is 5.23. The van der Waals surface area contributed by atoms with Crippen molar-refractivity contribution in [1.82, 2.24) is 9.97 Å². The monoisotopic (exact) mass is 391 g/mol. The molecule has 0 spiro atoms. The summed E-state index contributed by atoms with van der Waals surface area (Å²) in [4.78, 5) is 35.2. The second-order valence-corrected chi connectivity index (χ2v) is 7.14. The number of carbonyl (C=O) groups excluding carboxylic acids is 2. The highest BCUT2D eigenvalue weighted by Gasteiger charge is 2.36. The highest BCUT2D eigenvalue weighted by atomic mass is 16.2. The Labute approximate surface area is 173 Å². The van der Waals surface area contributed by atoms with Crippen LogP contribution < -0.4 is 4.90 Å². The third-order valence-electron chi connectivity index (χ3n) is 5.23. The van der Waals surface area contributed by atoms with E-state index < -0.39 is 11.7 Å². The van der Waals surface area contributed by atoms with Gasteiger partial charge >= 0.3 is 0 Å². The van der Waals surface area contributed by atoms with Gasteiger partial charge in [-0.05, 0) is 52.6 Å². The van der Waals surface area contributed by atoms with Crippen LogP contribution >= 0.6 is 0 Å². The largest absolute Gasteiger partial charge is 0.300 e. The molecule has 144 valence electrons. The molecule has 0 atom stereocenters. The Morgan fingerprint density at radius 3 is 2.03 bits per heavy atom. The summed E-state index contributed by atoms with van der Waals surface area (Å²) >= 11 is 0. The van der Waals surface area contributed by atoms with E-state index in [1.165, 1.54) is 0 Å². The van der Waals surface area contributed by atoms with E-state index in [1.54, 1.807) is 35.8 Å². The maximum atomic E-state index is 12.7. The van der Waals surface area contributed by atoms with E-state index in [0.29, 0.717) is 17.8 Å². The summed E-state index contributed by atoms with van der Waals surface area (Å²) < 4.78 is 0. The number of amides is 1. The first kappa shape index (κ1) is 17.9. The first-order chi connectivity index (χ1) is 14.7. The number of carbonyl (C=O) groups is 2. The summed E-state index contributed by atoms with van der Waals surface area (Å²) in [5, 5.41) is 0. The number of ketones is 1. The SMILES string of the molecule is O=C1C(=O)N(Cc2cccc(-c3cccnc3)c2)c2ccc(-c3cccnc3)cc21. The van der Waals surface area contributed by atoms with Gasteiger partial charge in [0.15, 0.2) is 0 Å². The van der Waals surface area contributed by atoms with E-state index in [1.807, 2.05) is 60.7 Å². The van der Waals surface area contributed by atoms with Gasteiger partial charge < -0.3 is 4.90 Å². The van der Waals surface area contributed by atoms with E-state index >= 15 is 0 Å². The summed E-state index contributed by atoms with van der Waals surface area (Å²) in [5.74, 6) is -0.973. The van der Waals surface area contributed by atoms with Gasteiger partial charge in [0.25, 0.3) is 11.7 Å². The van der Waals surface area contributed by atoms with Crippen molar-refractivity contribution in [2.45, 2.75) is 6.54 Å². The lowest BCUT2D eigenvalue weighted by Gasteiger charge is -2.17. The zero-order valence-electron chi connectivity index (χ0n) is 16.0. The minimum atomic E-state index is -0.500. The van der Waals surface area contributed by atoms with Crippen LogP contribution in [0, 0.1) is 0 Å². The van der Waals surface area contributed by atoms with E-state index in [2.05, 4.69) is 9.97 Å². The van der Waals surface area contributed by atoms with Gasteiger partial charge in [0.05, 0.1) is 17.8 Å². The Morgan fingerprint density at radius 1 is 0.700 bits per heavy atom. The molecule has 3 heterocycles. The molecule has 2 aromatic carbocycles. The Kier molecular flexibility index (Phi) is 4.41. The van der Waals surface area contributed by atoms with Crippen molar-refractivity contribution >= 4 is 17.4 Å². The zero-order valence-corrected chi connectivity index (χ0v) is 16.0. The number of fused-ring (bicyclic) bond motifs is 1. The molecule has 0 saturated heterocycles. The number of benzene rings is 2. The average Bonchev–Trinajstić information content (AvgIpc) is 3.05. The lowest BCUT2D eigenvalue weighted by molar-refractivity contribution is -0.114. The van der Waals surface area contributed by atoms with Gasteiger partial charge in [-0.25, -0.2) is 0 Å². The Bertz CT molecular complexity index is 1250. The van der Waals surface area contributed by atoms with Crippen LogP contribution in [-0.2, 0) is 11.3 Å². The molecule has 30 heavy (non-hydrogen) atoms. The highest BCUT2D eigenvalue weighted by Crippen LogP contribution is 2.34. The third kappa shape index (κ3) is 3.16. The van der Waals surface area contributed by atoms with Crippen LogP contribution in [-0.4, -0.2) is 21.7 Å². The summed E-state index contributed by atoms with van der Waals surface area (Å²) in [7, 11) is 0. The number of hydrogen-bond donors (Lipinski definition) is 0. The summed E-state index contributed by atoms with van der Waals surface area (Å²) in [6.45, 7) is 0.331. The molecule has 5 nitrogen and oxygen atoms in total. The zero-order chi connectivity index (χ0) is 20.5. The molecule has 5 heteroatoms. The molecule has 4 aromatic rings. The number of Topliss-reactive ketones (excluding diaryl/α,β-unsaturated/α-hetero) is 1. The molecule has 0 bridgehead atoms. The van der Waals surface area contributed by atoms with Gasteiger partial charge in [0.2, 0.25) is 0 Å². The molecule has 1 aliphatic rings. The van der Waals surface area contributed by atoms with E-state index in [-0.39, 0.29) is 0 Å². The smallest absolute Gasteiger partial charge is 0.299 e. The summed E-state index contributed by atoms with van der Waals surface area (Å²) in [6, 6.07) is 21.1. The van der Waals surface area contributed by atoms with Crippen molar-refractivity contribution in [3.63, 3.8) is 0 Å². The van der Waals surface area contributed by atoms with Crippen molar-refractivity contribution in [2.24, 2.45) is 0 Å². The molecule has 0 fully saturated rings. The van der Waals surface area contributed by atoms with E-state index in [4.69, 9.17) is 0 Å². The summed E-state index contributed by atoms with van der Waals surface area (Å²) in [5.41, 5.74) is 5.82. The van der Waals surface area contributed by atoms with Crippen LogP contribution in [0.1, 0.15) is 15.9 Å². The topological polar surface area (TPSA) is 63.2 Å². The molecule has 2 aromatic heterocycles. The van der Waals surface area contributed by atoms with Crippen molar-refractivity contribution in [1.29, 1.82) is 0 Å². The van der Waals surface area contributed by atoms with Gasteiger partial charge in [0, 0.05) is 30.4 Å². The Morgan fingerprint density at radius 2 is 1.37 bits per heavy atom. The maximum Gasteiger partial charge on any atom is 0.299 e. The van der Waals surface area contributed by atoms with Gasteiger partial charge in [-0.1, -0.05) is 36.4 Å². The van der Waals surface area contributed by atoms with E-state index in [9.17, 15) is 9.59 Å². The number of hydrogen-bond acceptors (Lipinski definition) is 4. The maximum absolute atomic E-state index is 12.7. The molecule has 0 unspecified atom stereocenters. The van der Waals surface area contributed by atoms with Crippen molar-refractivity contribution < 1.29 is 9.59 Å². The first-order valence-electron chi connectivity index (χ1n) is 9.61. The van der Waals surface area contributed by atoms with Crippen LogP contribution in [0.15, 0.2) is 91.5 Å². The van der Waals surface area contributed by atoms with Crippen LogP contribution in [0.4, 0.5) is 5.69 Å². The molecule has 1 amide bonds. The van der Waals surface area contributed by atoms with Gasteiger partial charge in [-0.3, -0.25) is 19.6 Å². The standard InChI is InChI=1S/C25H17N3O2/c29-24-22-13-19(21-7-3-11-27-15-21)8-9-23(22)28(25(24)30)16-17-4-1-5-18(12-17)20-6-2-10-26-14-20/h1-15H,16H2. The van der Waals surface area contributed by atoms with Crippen LogP contribution in [0.3, 0.4) is 0 Å². The van der Waals surface area contributed by atoms with Crippen molar-refractivity contribution in [3.05, 3.63) is 103 Å². The molecule has 0 saturated carbocycles. The molecular formula is C25H17N3O2. The van der Waals surface area contributed by atoms with E-state index in [0.717, 1.165) is 27.8 Å². The lowest BCUT2D eigenvalue weighted by Crippen LogP contribution is -2.29. The molecule has 0 aliphatic carbocycles. The van der Waals surface area contributed by atoms with Crippen molar-refractivity contribution in [3.8, 4) is 22.3 Å². The van der Waals surface area contributed by atoms with Crippen molar-refractivity contribution in [2.75, 3.05) is 4.90 Å². The highest BCUT2D eigenvalue weighted by molar-refractivity contribution is 6.52.